The molecule has 4 rings (SSSR count). The van der Waals surface area contributed by atoms with Gasteiger partial charge in [-0.3, -0.25) is 4.79 Å². The third-order valence-electron chi connectivity index (χ3n) is 4.71. The molecule has 0 aliphatic carbocycles. The number of rotatable bonds is 2. The van der Waals surface area contributed by atoms with Crippen LogP contribution in [0.4, 0.5) is 5.69 Å². The number of ketones is 1. The minimum atomic E-state index is 0.0595. The van der Waals surface area contributed by atoms with Crippen LogP contribution in [0.25, 0.3) is 27.2 Å². The summed E-state index contributed by atoms with van der Waals surface area (Å²) in [6, 6.07) is 13.8. The number of hydrogen-bond acceptors (Lipinski definition) is 3. The average molecular weight is 318 g/mol. The van der Waals surface area contributed by atoms with Crippen LogP contribution in [0.5, 0.6) is 5.75 Å². The van der Waals surface area contributed by atoms with Crippen LogP contribution in [0.2, 0.25) is 0 Å². The summed E-state index contributed by atoms with van der Waals surface area (Å²) in [6.07, 6.45) is 0. The van der Waals surface area contributed by atoms with E-state index >= 15 is 0 Å². The smallest absolute Gasteiger partial charge is 0.161 e. The highest BCUT2D eigenvalue weighted by atomic mass is 16.5. The minimum absolute atomic E-state index is 0.0595. The van der Waals surface area contributed by atoms with E-state index in [9.17, 15) is 4.79 Å². The minimum Gasteiger partial charge on any atom is -0.497 e. The van der Waals surface area contributed by atoms with Crippen molar-refractivity contribution in [3.63, 3.8) is 0 Å². The predicted octanol–water partition coefficient (Wildman–Crippen LogP) is 4.35. The van der Waals surface area contributed by atoms with Gasteiger partial charge in [0.15, 0.2) is 5.78 Å². The number of nitrogens with zero attached hydrogens (tertiary/aromatic N) is 1. The fraction of sp³-hybridized carbons (Fsp3) is 0.150. The molecular weight excluding hydrogens is 300 g/mol. The number of fused-ring (bicyclic) bond motifs is 6. The molecular formula is C20H18N2O2. The maximum absolute atomic E-state index is 12.0. The van der Waals surface area contributed by atoms with Gasteiger partial charge >= 0.3 is 0 Å². The van der Waals surface area contributed by atoms with E-state index in [1.54, 1.807) is 14.0 Å². The van der Waals surface area contributed by atoms with E-state index in [-0.39, 0.29) is 5.78 Å². The number of pyridine rings is 1. The second kappa shape index (κ2) is 4.99. The highest BCUT2D eigenvalue weighted by Crippen LogP contribution is 2.37. The number of aromatic nitrogens is 1. The SMILES string of the molecule is COc1ccc2c(c1)c1cc(C(C)=O)c(C)n1c1cccc(N)c21. The monoisotopic (exact) mass is 318 g/mol. The molecule has 0 saturated heterocycles. The Kier molecular flexibility index (Phi) is 3.03. The van der Waals surface area contributed by atoms with E-state index in [0.717, 1.165) is 49.9 Å². The number of carbonyl (C=O) groups is 1. The molecule has 4 aromatic rings. The van der Waals surface area contributed by atoms with Gasteiger partial charge in [0.2, 0.25) is 0 Å². The number of aryl methyl sites for hydroxylation is 1. The summed E-state index contributed by atoms with van der Waals surface area (Å²) in [5, 5.41) is 3.08. The molecule has 4 nitrogen and oxygen atoms in total. The number of nitrogens with two attached hydrogens (primary N) is 1. The lowest BCUT2D eigenvalue weighted by atomic mass is 10.0. The number of hydrogen-bond donors (Lipinski definition) is 1. The van der Waals surface area contributed by atoms with Crippen LogP contribution in [-0.2, 0) is 0 Å². The zero-order chi connectivity index (χ0) is 17.0. The molecule has 0 unspecified atom stereocenters. The molecule has 2 N–H and O–H groups in total. The Bertz CT molecular complexity index is 1140. The highest BCUT2D eigenvalue weighted by molar-refractivity contribution is 6.18. The van der Waals surface area contributed by atoms with Crippen molar-refractivity contribution in [2.75, 3.05) is 12.8 Å². The zero-order valence-electron chi connectivity index (χ0n) is 13.9. The van der Waals surface area contributed by atoms with E-state index < -0.39 is 0 Å². The Labute approximate surface area is 139 Å². The average Bonchev–Trinajstić information content (AvgIpc) is 2.93. The van der Waals surface area contributed by atoms with Crippen LogP contribution >= 0.6 is 0 Å². The predicted molar refractivity (Wildman–Crippen MR) is 98.1 cm³/mol. The molecule has 2 aromatic carbocycles. The van der Waals surface area contributed by atoms with Gasteiger partial charge in [-0.05, 0) is 55.6 Å². The number of anilines is 1. The first-order chi connectivity index (χ1) is 11.5. The first kappa shape index (κ1) is 14.6. The van der Waals surface area contributed by atoms with Crippen molar-refractivity contribution in [2.24, 2.45) is 0 Å². The molecule has 0 atom stereocenters. The molecule has 0 spiro atoms. The summed E-state index contributed by atoms with van der Waals surface area (Å²) >= 11 is 0. The van der Waals surface area contributed by atoms with Crippen molar-refractivity contribution in [2.45, 2.75) is 13.8 Å². The van der Waals surface area contributed by atoms with Gasteiger partial charge in [-0.1, -0.05) is 6.07 Å². The molecule has 4 heteroatoms. The first-order valence-electron chi connectivity index (χ1n) is 7.84. The van der Waals surface area contributed by atoms with Gasteiger partial charge in [-0.25, -0.2) is 0 Å². The molecule has 0 saturated carbocycles. The molecule has 0 radical (unpaired) electrons. The van der Waals surface area contributed by atoms with E-state index in [1.165, 1.54) is 0 Å². The molecule has 2 aromatic heterocycles. The second-order valence-electron chi connectivity index (χ2n) is 6.07. The van der Waals surface area contributed by atoms with Crippen LogP contribution in [0.15, 0.2) is 42.5 Å². The van der Waals surface area contributed by atoms with Crippen molar-refractivity contribution >= 4 is 38.7 Å². The van der Waals surface area contributed by atoms with Crippen LogP contribution in [-0.4, -0.2) is 17.3 Å². The topological polar surface area (TPSA) is 56.7 Å². The quantitative estimate of drug-likeness (QED) is 0.340. The molecule has 0 aliphatic heterocycles. The first-order valence-corrected chi connectivity index (χ1v) is 7.84. The molecule has 24 heavy (non-hydrogen) atoms. The van der Waals surface area contributed by atoms with Crippen LogP contribution in [0.3, 0.4) is 0 Å². The van der Waals surface area contributed by atoms with Gasteiger partial charge in [-0.2, -0.15) is 0 Å². The van der Waals surface area contributed by atoms with Crippen LogP contribution in [0.1, 0.15) is 23.0 Å². The number of ether oxygens (including phenoxy) is 1. The van der Waals surface area contributed by atoms with Gasteiger partial charge in [0.05, 0.1) is 18.1 Å². The Balaban J connectivity index is 2.37. The lowest BCUT2D eigenvalue weighted by molar-refractivity contribution is 0.101. The van der Waals surface area contributed by atoms with Crippen molar-refractivity contribution < 1.29 is 9.53 Å². The summed E-state index contributed by atoms with van der Waals surface area (Å²) in [5.74, 6) is 0.839. The molecule has 0 aliphatic rings. The lowest BCUT2D eigenvalue weighted by Crippen LogP contribution is -1.98. The number of nitrogen functional groups attached to an aromatic ring is 1. The summed E-state index contributed by atoms with van der Waals surface area (Å²) in [4.78, 5) is 12.0. The van der Waals surface area contributed by atoms with Gasteiger partial charge in [0.1, 0.15) is 5.75 Å². The van der Waals surface area contributed by atoms with Crippen molar-refractivity contribution in [1.29, 1.82) is 0 Å². The lowest BCUT2D eigenvalue weighted by Gasteiger charge is -2.13. The Morgan fingerprint density at radius 3 is 2.58 bits per heavy atom. The van der Waals surface area contributed by atoms with Crippen LogP contribution < -0.4 is 10.5 Å². The van der Waals surface area contributed by atoms with Gasteiger partial charge in [0, 0.05) is 27.7 Å². The van der Waals surface area contributed by atoms with Crippen molar-refractivity contribution in [3.05, 3.63) is 53.7 Å². The van der Waals surface area contributed by atoms with E-state index in [2.05, 4.69) is 4.40 Å². The van der Waals surface area contributed by atoms with Gasteiger partial charge < -0.3 is 14.9 Å². The summed E-state index contributed by atoms with van der Waals surface area (Å²) in [7, 11) is 1.65. The zero-order valence-corrected chi connectivity index (χ0v) is 13.9. The van der Waals surface area contributed by atoms with E-state index in [0.29, 0.717) is 0 Å². The van der Waals surface area contributed by atoms with Crippen molar-refractivity contribution in [3.8, 4) is 5.75 Å². The number of benzene rings is 2. The third-order valence-corrected chi connectivity index (χ3v) is 4.71. The van der Waals surface area contributed by atoms with Crippen LogP contribution in [0, 0.1) is 6.92 Å². The molecule has 0 bridgehead atoms. The number of Topliss-reactive ketones (excluding diaryl/α,β-unsaturated/α-hetero) is 1. The third kappa shape index (κ3) is 1.83. The summed E-state index contributed by atoms with van der Waals surface area (Å²) < 4.78 is 7.51. The van der Waals surface area contributed by atoms with E-state index in [1.807, 2.05) is 49.4 Å². The van der Waals surface area contributed by atoms with E-state index in [4.69, 9.17) is 10.5 Å². The Morgan fingerprint density at radius 2 is 1.88 bits per heavy atom. The van der Waals surface area contributed by atoms with Gasteiger partial charge in [0.25, 0.3) is 0 Å². The van der Waals surface area contributed by atoms with Gasteiger partial charge in [-0.15, -0.1) is 0 Å². The number of methoxy groups -OCH3 is 1. The Morgan fingerprint density at radius 1 is 1.08 bits per heavy atom. The van der Waals surface area contributed by atoms with Crippen molar-refractivity contribution in [1.82, 2.24) is 4.40 Å². The molecule has 0 amide bonds. The highest BCUT2D eigenvalue weighted by Gasteiger charge is 2.17. The normalized spacial score (nSPS) is 11.5. The largest absolute Gasteiger partial charge is 0.497 e. The molecule has 120 valence electrons. The maximum Gasteiger partial charge on any atom is 0.161 e. The second-order valence-corrected chi connectivity index (χ2v) is 6.07. The maximum atomic E-state index is 12.0. The fourth-order valence-corrected chi connectivity index (χ4v) is 3.59. The fourth-order valence-electron chi connectivity index (χ4n) is 3.59. The molecule has 2 heterocycles. The standard InChI is InChI=1S/C20H18N2O2/c1-11-15(12(2)23)10-19-16-9-13(24-3)7-8-14(16)20-17(21)5-4-6-18(20)22(11)19/h4-10H,21H2,1-3H3. The Hall–Kier alpha value is -3.01. The summed E-state index contributed by atoms with van der Waals surface area (Å²) in [6.45, 7) is 3.57. The molecule has 0 fully saturated rings. The number of carbonyl (C=O) groups excluding carboxylic acids is 1. The summed E-state index contributed by atoms with van der Waals surface area (Å²) in [5.41, 5.74) is 10.7.